The summed E-state index contributed by atoms with van der Waals surface area (Å²) < 4.78 is 29.2. The first-order valence-corrected chi connectivity index (χ1v) is 33.9. The zero-order chi connectivity index (χ0) is 64.3. The number of anilines is 1. The van der Waals surface area contributed by atoms with E-state index in [0.717, 1.165) is 131 Å². The fourth-order valence-electron chi connectivity index (χ4n) is 16.1. The van der Waals surface area contributed by atoms with Gasteiger partial charge in [-0.2, -0.15) is 0 Å². The van der Waals surface area contributed by atoms with Crippen LogP contribution in [0.3, 0.4) is 0 Å². The van der Waals surface area contributed by atoms with Crippen molar-refractivity contribution >= 4 is 35.1 Å². The number of hydrogen-bond donors (Lipinski definition) is 1. The Labute approximate surface area is 534 Å². The molecule has 1 unspecified atom stereocenters. The second-order valence-corrected chi connectivity index (χ2v) is 29.3. The van der Waals surface area contributed by atoms with Gasteiger partial charge in [-0.3, -0.25) is 48.4 Å². The molecular weight excluding hydrogens is 1140 g/mol. The van der Waals surface area contributed by atoms with Crippen LogP contribution in [0.1, 0.15) is 149 Å². The van der Waals surface area contributed by atoms with E-state index in [1.807, 2.05) is 38.7 Å². The smallest absolute Gasteiger partial charge is 0.254 e. The maximum absolute atomic E-state index is 14.5. The van der Waals surface area contributed by atoms with Crippen molar-refractivity contribution in [2.24, 2.45) is 24.3 Å². The van der Waals surface area contributed by atoms with Crippen LogP contribution >= 0.6 is 0 Å². The van der Waals surface area contributed by atoms with Crippen molar-refractivity contribution in [3.63, 3.8) is 0 Å². The summed E-state index contributed by atoms with van der Waals surface area (Å²) in [6, 6.07) is 15.3. The number of hydrogen-bond acceptors (Lipinski definition) is 11. The molecule has 10 rings (SSSR count). The Morgan fingerprint density at radius 1 is 0.589 bits per heavy atom. The van der Waals surface area contributed by atoms with Gasteiger partial charge in [-0.1, -0.05) is 91.5 Å². The number of ketones is 1. The van der Waals surface area contributed by atoms with Crippen molar-refractivity contribution in [2.75, 3.05) is 103 Å². The van der Waals surface area contributed by atoms with Gasteiger partial charge in [0.15, 0.2) is 5.78 Å². The molecule has 0 bridgehead atoms. The lowest BCUT2D eigenvalue weighted by Crippen LogP contribution is -2.63. The van der Waals surface area contributed by atoms with E-state index < -0.39 is 5.41 Å². The Morgan fingerprint density at radius 3 is 1.69 bits per heavy atom. The number of fused-ring (bicyclic) bond motifs is 1. The lowest BCUT2D eigenvalue weighted by Gasteiger charge is -2.45. The van der Waals surface area contributed by atoms with E-state index >= 15 is 0 Å². The van der Waals surface area contributed by atoms with Gasteiger partial charge in [0.25, 0.3) is 5.56 Å². The van der Waals surface area contributed by atoms with Gasteiger partial charge >= 0.3 is 0 Å². The standard InChI is InChI=1S/C72H102F2N10O6/c1-48-19-28-59(81(38-48)44-66(88)84-47-72(8,9)69-62(84)36-56(70(90)76(69)10)34-54-22-26-58(74)27-23-54)42-77-29-31-79(40-50(77)3)63(85)17-15-13-11-12-14-16-18-64(86)80-32-30-78(51(4)41-80)43-60-37-75-49(2)39-82(60)45-65(87)83-46-71(6,7)67-52(5)68(89)55(35-61(67)83)33-53-20-24-57(73)25-21-53/h20-27,35-36,48-52,59-60,75H,11-19,28-34,37-47H2,1-10H3/t48-,49+,50+,51+,52?,59+,60+/m0/s1. The highest BCUT2D eigenvalue weighted by molar-refractivity contribution is 6.02. The summed E-state index contributed by atoms with van der Waals surface area (Å²) in [6.45, 7) is 29.2. The van der Waals surface area contributed by atoms with Crippen LogP contribution in [0.5, 0.6) is 0 Å². The number of aromatic nitrogens is 1. The predicted octanol–water partition coefficient (Wildman–Crippen LogP) is 8.34. The van der Waals surface area contributed by atoms with Gasteiger partial charge < -0.3 is 29.5 Å². The molecule has 4 saturated heterocycles. The lowest BCUT2D eigenvalue weighted by atomic mass is 9.73. The molecule has 16 nitrogen and oxygen atoms in total. The van der Waals surface area contributed by atoms with Crippen molar-refractivity contribution in [2.45, 2.75) is 175 Å². The molecular formula is C72H102F2N10O6. The minimum Gasteiger partial charge on any atom is -0.340 e. The van der Waals surface area contributed by atoms with E-state index in [0.29, 0.717) is 88.6 Å². The number of halogens is 2. The second kappa shape index (κ2) is 28.5. The third kappa shape index (κ3) is 15.4. The van der Waals surface area contributed by atoms with Crippen LogP contribution in [0.25, 0.3) is 0 Å². The SMILES string of the molecule is CC1C(=O)C(Cc2ccc(F)cc2)=CC2=C1C(C)(C)CN2C(=O)CN1C[C@@H](C)NC[C@@H]1CN1CCN(C(=O)CCCCCCCCC(=O)N2CCN(C[C@H]3CC[C@H](C)CN3CC(=O)N3CC(C)(C)c4c3cc(Cc3ccc(F)cc3)c(=O)n4C)[C@H](C)C2)C[C@H]1C. The van der Waals surface area contributed by atoms with Gasteiger partial charge in [0.1, 0.15) is 11.6 Å². The maximum Gasteiger partial charge on any atom is 0.254 e. The number of benzene rings is 2. The number of Topliss-reactive ketones (excluding diaryl/α,β-unsaturated/α-hetero) is 1. The van der Waals surface area contributed by atoms with Gasteiger partial charge in [0.2, 0.25) is 23.6 Å². The summed E-state index contributed by atoms with van der Waals surface area (Å²) in [6.07, 6.45) is 11.7. The minimum atomic E-state index is -0.414. The summed E-state index contributed by atoms with van der Waals surface area (Å²) in [5, 5.41) is 3.66. The molecule has 18 heteroatoms. The summed E-state index contributed by atoms with van der Waals surface area (Å²) in [5.74, 6) is 0.0677. The van der Waals surface area contributed by atoms with Crippen LogP contribution in [0.4, 0.5) is 14.5 Å². The molecule has 1 N–H and O–H groups in total. The Hall–Kier alpha value is -5.92. The van der Waals surface area contributed by atoms with Gasteiger partial charge in [-0.15, -0.1) is 0 Å². The zero-order valence-electron chi connectivity index (χ0n) is 55.6. The Bertz CT molecular complexity index is 3230. The van der Waals surface area contributed by atoms with E-state index in [2.05, 4.69) is 80.3 Å². The van der Waals surface area contributed by atoms with Crippen molar-refractivity contribution in [3.8, 4) is 0 Å². The van der Waals surface area contributed by atoms with E-state index in [1.165, 1.54) is 24.3 Å². The predicted molar refractivity (Wildman–Crippen MR) is 350 cm³/mol. The van der Waals surface area contributed by atoms with Crippen LogP contribution in [0.2, 0.25) is 0 Å². The molecule has 1 aromatic heterocycles. The molecule has 6 aliphatic heterocycles. The number of amides is 4. The molecule has 7 atom stereocenters. The molecule has 0 spiro atoms. The van der Waals surface area contributed by atoms with Crippen molar-refractivity contribution in [1.82, 2.24) is 44.2 Å². The topological polar surface area (TPSA) is 145 Å². The molecule has 0 saturated carbocycles. The number of nitrogens with one attached hydrogen (secondary N) is 1. The van der Waals surface area contributed by atoms with Crippen molar-refractivity contribution in [1.29, 1.82) is 0 Å². The molecule has 0 radical (unpaired) electrons. The number of rotatable bonds is 21. The van der Waals surface area contributed by atoms with Crippen LogP contribution in [-0.2, 0) is 49.3 Å². The van der Waals surface area contributed by atoms with Crippen LogP contribution in [0, 0.1) is 28.9 Å². The molecule has 7 heterocycles. The average Bonchev–Trinajstić information content (AvgIpc) is 1.59. The van der Waals surface area contributed by atoms with Crippen LogP contribution < -0.4 is 15.8 Å². The molecule has 490 valence electrons. The van der Waals surface area contributed by atoms with Gasteiger partial charge in [-0.05, 0) is 105 Å². The van der Waals surface area contributed by atoms with Crippen molar-refractivity contribution in [3.05, 3.63) is 122 Å². The molecule has 3 aromatic rings. The van der Waals surface area contributed by atoms with Gasteiger partial charge in [0, 0.05) is 182 Å². The highest BCUT2D eigenvalue weighted by Crippen LogP contribution is 2.47. The number of piperidine rings is 1. The number of carbonyl (C=O) groups is 5. The Balaban J connectivity index is 0.616. The zero-order valence-corrected chi connectivity index (χ0v) is 55.6. The summed E-state index contributed by atoms with van der Waals surface area (Å²) in [4.78, 5) is 101. The third-order valence-corrected chi connectivity index (χ3v) is 21.1. The first kappa shape index (κ1) is 67.0. The first-order chi connectivity index (χ1) is 42.8. The lowest BCUT2D eigenvalue weighted by molar-refractivity contribution is -0.135. The quantitative estimate of drug-likeness (QED) is 0.103. The monoisotopic (exact) mass is 1240 g/mol. The van der Waals surface area contributed by atoms with Gasteiger partial charge in [-0.25, -0.2) is 8.78 Å². The molecule has 90 heavy (non-hydrogen) atoms. The number of unbranched alkanes of at least 4 members (excludes halogenated alkanes) is 5. The highest BCUT2D eigenvalue weighted by atomic mass is 19.1. The number of allylic oxidation sites excluding steroid dienone is 2. The van der Waals surface area contributed by atoms with E-state index in [-0.39, 0.29) is 94.7 Å². The number of carbonyl (C=O) groups excluding carboxylic acids is 5. The minimum absolute atomic E-state index is 0.0357. The van der Waals surface area contributed by atoms with E-state index in [9.17, 15) is 37.5 Å². The molecule has 1 aliphatic carbocycles. The second-order valence-electron chi connectivity index (χ2n) is 29.3. The number of pyridine rings is 1. The third-order valence-electron chi connectivity index (χ3n) is 21.1. The van der Waals surface area contributed by atoms with Crippen molar-refractivity contribution < 1.29 is 32.8 Å². The van der Waals surface area contributed by atoms with Crippen LogP contribution in [0.15, 0.2) is 82.3 Å². The van der Waals surface area contributed by atoms with Gasteiger partial charge in [0.05, 0.1) is 24.5 Å². The summed E-state index contributed by atoms with van der Waals surface area (Å²) in [5.41, 5.74) is 5.57. The fourth-order valence-corrected chi connectivity index (χ4v) is 16.1. The summed E-state index contributed by atoms with van der Waals surface area (Å²) >= 11 is 0. The number of piperazine rings is 3. The van der Waals surface area contributed by atoms with E-state index in [1.54, 1.807) is 35.9 Å². The molecule has 4 amide bonds. The van der Waals surface area contributed by atoms with Crippen LogP contribution in [-0.4, -0.2) is 197 Å². The highest BCUT2D eigenvalue weighted by Gasteiger charge is 2.47. The van der Waals surface area contributed by atoms with E-state index in [4.69, 9.17) is 0 Å². The average molecular weight is 1240 g/mol. The number of nitrogens with zero attached hydrogens (tertiary/aromatic N) is 9. The first-order valence-electron chi connectivity index (χ1n) is 33.9. The molecule has 7 aliphatic rings. The Morgan fingerprint density at radius 2 is 1.11 bits per heavy atom. The summed E-state index contributed by atoms with van der Waals surface area (Å²) in [7, 11) is 1.79. The number of likely N-dealkylation sites (tertiary alicyclic amines) is 1. The normalized spacial score (nSPS) is 25.8. The maximum atomic E-state index is 14.5. The fraction of sp³-hybridized carbons (Fsp3) is 0.639. The Kier molecular flexibility index (Phi) is 21.2. The molecule has 4 fully saturated rings. The largest absolute Gasteiger partial charge is 0.340 e. The molecule has 2 aromatic carbocycles.